The van der Waals surface area contributed by atoms with Crippen molar-refractivity contribution in [1.82, 2.24) is 5.32 Å². The molecule has 0 spiro atoms. The quantitative estimate of drug-likeness (QED) is 0.834. The van der Waals surface area contributed by atoms with E-state index in [4.69, 9.17) is 5.73 Å². The van der Waals surface area contributed by atoms with Crippen LogP contribution in [0.25, 0.3) is 0 Å². The molecule has 0 aromatic heterocycles. The van der Waals surface area contributed by atoms with Gasteiger partial charge in [-0.25, -0.2) is 8.78 Å². The minimum absolute atomic E-state index is 0.225. The van der Waals surface area contributed by atoms with Gasteiger partial charge in [0.2, 0.25) is 0 Å². The molecular formula is C14H20F2N2O. The summed E-state index contributed by atoms with van der Waals surface area (Å²) in [5, 5.41) is 2.58. The second kappa shape index (κ2) is 6.61. The van der Waals surface area contributed by atoms with Gasteiger partial charge < -0.3 is 11.1 Å². The van der Waals surface area contributed by atoms with E-state index >= 15 is 0 Å². The van der Waals surface area contributed by atoms with Crippen LogP contribution in [0.5, 0.6) is 0 Å². The van der Waals surface area contributed by atoms with Crippen molar-refractivity contribution < 1.29 is 13.6 Å². The maximum absolute atomic E-state index is 13.4. The number of rotatable bonds is 6. The van der Waals surface area contributed by atoms with Crippen LogP contribution < -0.4 is 11.1 Å². The highest BCUT2D eigenvalue weighted by Crippen LogP contribution is 2.24. The summed E-state index contributed by atoms with van der Waals surface area (Å²) in [6.07, 6.45) is 1.58. The van der Waals surface area contributed by atoms with Gasteiger partial charge in [0.15, 0.2) is 0 Å². The molecule has 0 bridgehead atoms. The van der Waals surface area contributed by atoms with Gasteiger partial charge in [-0.2, -0.15) is 0 Å². The first-order valence-corrected chi connectivity index (χ1v) is 6.42. The number of carbonyl (C=O) groups excluding carboxylic acids is 1. The molecule has 0 unspecified atom stereocenters. The van der Waals surface area contributed by atoms with Crippen LogP contribution in [0.3, 0.4) is 0 Å². The fraction of sp³-hybridized carbons (Fsp3) is 0.500. The van der Waals surface area contributed by atoms with Gasteiger partial charge in [0, 0.05) is 6.54 Å². The number of hydrogen-bond acceptors (Lipinski definition) is 2. The van der Waals surface area contributed by atoms with Gasteiger partial charge in [-0.3, -0.25) is 4.79 Å². The molecule has 0 aliphatic heterocycles. The average molecular weight is 270 g/mol. The van der Waals surface area contributed by atoms with Gasteiger partial charge in [0.1, 0.15) is 17.2 Å². The Morgan fingerprint density at radius 2 is 1.79 bits per heavy atom. The van der Waals surface area contributed by atoms with E-state index < -0.39 is 23.1 Å². The van der Waals surface area contributed by atoms with E-state index in [0.717, 1.165) is 25.0 Å². The summed E-state index contributed by atoms with van der Waals surface area (Å²) in [6.45, 7) is 4.68. The smallest absolute Gasteiger partial charge is 0.257 e. The molecule has 0 radical (unpaired) electrons. The van der Waals surface area contributed by atoms with E-state index in [9.17, 15) is 13.6 Å². The second-order valence-corrected chi connectivity index (χ2v) is 4.69. The largest absolute Gasteiger partial charge is 0.351 e. The Bertz CT molecular complexity index is 417. The summed E-state index contributed by atoms with van der Waals surface area (Å²) in [5.74, 6) is -2.46. The predicted molar refractivity (Wildman–Crippen MR) is 70.8 cm³/mol. The summed E-state index contributed by atoms with van der Waals surface area (Å²) in [6, 6.07) is 3.35. The molecule has 106 valence electrons. The minimum atomic E-state index is -0.858. The van der Waals surface area contributed by atoms with Crippen LogP contribution in [0.15, 0.2) is 18.2 Å². The number of halogens is 2. The Morgan fingerprint density at radius 1 is 1.26 bits per heavy atom. The number of benzene rings is 1. The molecule has 0 saturated heterocycles. The first-order valence-electron chi connectivity index (χ1n) is 6.42. The number of nitrogens with two attached hydrogens (primary N) is 1. The predicted octanol–water partition coefficient (Wildman–Crippen LogP) is 2.46. The molecule has 0 aliphatic carbocycles. The summed E-state index contributed by atoms with van der Waals surface area (Å²) in [5.41, 5.74) is 4.95. The van der Waals surface area contributed by atoms with Gasteiger partial charge in [-0.1, -0.05) is 19.9 Å². The number of hydrogen-bond donors (Lipinski definition) is 2. The maximum Gasteiger partial charge on any atom is 0.257 e. The van der Waals surface area contributed by atoms with Crippen LogP contribution in [0.1, 0.15) is 37.0 Å². The lowest BCUT2D eigenvalue weighted by Gasteiger charge is -2.30. The second-order valence-electron chi connectivity index (χ2n) is 4.69. The summed E-state index contributed by atoms with van der Waals surface area (Å²) < 4.78 is 26.9. The van der Waals surface area contributed by atoms with Crippen molar-refractivity contribution in [2.45, 2.75) is 26.7 Å². The van der Waals surface area contributed by atoms with Gasteiger partial charge in [-0.05, 0) is 36.9 Å². The molecule has 1 aromatic carbocycles. The first-order chi connectivity index (χ1) is 8.99. The van der Waals surface area contributed by atoms with Crippen LogP contribution in [-0.4, -0.2) is 19.0 Å². The molecule has 0 aliphatic rings. The topological polar surface area (TPSA) is 55.1 Å². The SMILES string of the molecule is CCC(CC)(CN)CNC(=O)c1c(F)cccc1F. The van der Waals surface area contributed by atoms with Crippen LogP contribution in [0, 0.1) is 17.0 Å². The molecule has 1 rings (SSSR count). The zero-order chi connectivity index (χ0) is 14.5. The number of nitrogens with one attached hydrogen (secondary N) is 1. The molecule has 3 N–H and O–H groups in total. The Kier molecular flexibility index (Phi) is 5.42. The maximum atomic E-state index is 13.4. The Labute approximate surface area is 112 Å². The van der Waals surface area contributed by atoms with Crippen LogP contribution in [0.2, 0.25) is 0 Å². The van der Waals surface area contributed by atoms with E-state index in [1.54, 1.807) is 0 Å². The molecule has 5 heteroatoms. The highest BCUT2D eigenvalue weighted by molar-refractivity contribution is 5.94. The van der Waals surface area contributed by atoms with E-state index in [-0.39, 0.29) is 5.41 Å². The van der Waals surface area contributed by atoms with Gasteiger partial charge >= 0.3 is 0 Å². The van der Waals surface area contributed by atoms with Crippen molar-refractivity contribution in [3.8, 4) is 0 Å². The third-order valence-corrected chi connectivity index (χ3v) is 3.75. The van der Waals surface area contributed by atoms with Gasteiger partial charge in [0.25, 0.3) is 5.91 Å². The molecule has 19 heavy (non-hydrogen) atoms. The fourth-order valence-electron chi connectivity index (χ4n) is 1.93. The third-order valence-electron chi connectivity index (χ3n) is 3.75. The van der Waals surface area contributed by atoms with E-state index in [0.29, 0.717) is 13.1 Å². The van der Waals surface area contributed by atoms with Crippen molar-refractivity contribution in [2.24, 2.45) is 11.1 Å². The van der Waals surface area contributed by atoms with Crippen molar-refractivity contribution in [3.05, 3.63) is 35.4 Å². The van der Waals surface area contributed by atoms with Crippen molar-refractivity contribution in [2.75, 3.05) is 13.1 Å². The highest BCUT2D eigenvalue weighted by Gasteiger charge is 2.26. The van der Waals surface area contributed by atoms with E-state index in [2.05, 4.69) is 5.32 Å². The molecule has 0 atom stereocenters. The third kappa shape index (κ3) is 3.50. The lowest BCUT2D eigenvalue weighted by atomic mass is 9.82. The zero-order valence-corrected chi connectivity index (χ0v) is 11.3. The summed E-state index contributed by atoms with van der Waals surface area (Å²) >= 11 is 0. The summed E-state index contributed by atoms with van der Waals surface area (Å²) in [7, 11) is 0. The number of amides is 1. The van der Waals surface area contributed by atoms with Crippen molar-refractivity contribution >= 4 is 5.91 Å². The Hall–Kier alpha value is -1.49. The van der Waals surface area contributed by atoms with Crippen molar-refractivity contribution in [3.63, 3.8) is 0 Å². The molecule has 0 heterocycles. The van der Waals surface area contributed by atoms with Gasteiger partial charge in [-0.15, -0.1) is 0 Å². The highest BCUT2D eigenvalue weighted by atomic mass is 19.1. The Morgan fingerprint density at radius 3 is 2.21 bits per heavy atom. The van der Waals surface area contributed by atoms with Gasteiger partial charge in [0.05, 0.1) is 0 Å². The lowest BCUT2D eigenvalue weighted by molar-refractivity contribution is 0.0919. The van der Waals surface area contributed by atoms with E-state index in [1.165, 1.54) is 6.07 Å². The molecule has 1 amide bonds. The van der Waals surface area contributed by atoms with Crippen LogP contribution >= 0.6 is 0 Å². The zero-order valence-electron chi connectivity index (χ0n) is 11.3. The molecule has 3 nitrogen and oxygen atoms in total. The first kappa shape index (κ1) is 15.6. The molecule has 0 saturated carbocycles. The summed E-state index contributed by atoms with van der Waals surface area (Å²) in [4.78, 5) is 11.8. The van der Waals surface area contributed by atoms with E-state index in [1.807, 2.05) is 13.8 Å². The number of carbonyl (C=O) groups is 1. The average Bonchev–Trinajstić information content (AvgIpc) is 2.41. The fourth-order valence-corrected chi connectivity index (χ4v) is 1.93. The van der Waals surface area contributed by atoms with Crippen LogP contribution in [-0.2, 0) is 0 Å². The monoisotopic (exact) mass is 270 g/mol. The lowest BCUT2D eigenvalue weighted by Crippen LogP contribution is -2.42. The standard InChI is InChI=1S/C14H20F2N2O/c1-3-14(4-2,8-17)9-18-13(19)12-10(15)6-5-7-11(12)16/h5-7H,3-4,8-9,17H2,1-2H3,(H,18,19). The molecule has 0 fully saturated rings. The van der Waals surface area contributed by atoms with Crippen molar-refractivity contribution in [1.29, 1.82) is 0 Å². The molecular weight excluding hydrogens is 250 g/mol. The molecule has 1 aromatic rings. The minimum Gasteiger partial charge on any atom is -0.351 e. The van der Waals surface area contributed by atoms with Crippen LogP contribution in [0.4, 0.5) is 8.78 Å². The Balaban J connectivity index is 2.81. The normalized spacial score (nSPS) is 11.4.